The van der Waals surface area contributed by atoms with Crippen LogP contribution in [0.25, 0.3) is 0 Å². The summed E-state index contributed by atoms with van der Waals surface area (Å²) in [5.41, 5.74) is 1.78. The highest BCUT2D eigenvalue weighted by Gasteiger charge is 2.63. The van der Waals surface area contributed by atoms with Crippen molar-refractivity contribution in [3.8, 4) is 0 Å². The molecule has 0 aromatic rings. The molecule has 0 aromatic heterocycles. The Balaban J connectivity index is 1.44. The molecule has 12 nitrogen and oxygen atoms in total. The second-order valence-electron chi connectivity index (χ2n) is 7.42. The summed E-state index contributed by atoms with van der Waals surface area (Å²) >= 11 is 0. The minimum Gasteiger partial charge on any atom is -0.380 e. The van der Waals surface area contributed by atoms with Crippen LogP contribution in [-0.4, -0.2) is 85.9 Å². The Morgan fingerprint density at radius 2 is 2.22 bits per heavy atom. The zero-order chi connectivity index (χ0) is 19.2. The molecular formula is C14H22N4O8S. The van der Waals surface area contributed by atoms with Gasteiger partial charge in [0.25, 0.3) is 5.91 Å². The van der Waals surface area contributed by atoms with Gasteiger partial charge in [-0.1, -0.05) is 0 Å². The van der Waals surface area contributed by atoms with Crippen LogP contribution in [0.5, 0.6) is 0 Å². The first-order chi connectivity index (χ1) is 12.8. The number of rotatable bonds is 6. The maximum atomic E-state index is 12.6. The van der Waals surface area contributed by atoms with Crippen molar-refractivity contribution < 1.29 is 36.4 Å². The topological polar surface area (TPSA) is 147 Å². The molecule has 3 atom stereocenters. The Bertz CT molecular complexity index is 721. The molecule has 4 rings (SSSR count). The van der Waals surface area contributed by atoms with E-state index in [1.165, 1.54) is 4.90 Å². The molecule has 0 aliphatic carbocycles. The Labute approximate surface area is 155 Å². The van der Waals surface area contributed by atoms with Gasteiger partial charge in [-0.05, 0) is 25.8 Å². The zero-order valence-electron chi connectivity index (χ0n) is 14.5. The van der Waals surface area contributed by atoms with Crippen LogP contribution in [0.1, 0.15) is 19.3 Å². The molecule has 3 N–H and O–H groups in total. The number of hydroxylamine groups is 3. The maximum Gasteiger partial charge on any atom is 0.418 e. The van der Waals surface area contributed by atoms with E-state index < -0.39 is 39.8 Å². The van der Waals surface area contributed by atoms with Crippen molar-refractivity contribution in [2.45, 2.75) is 37.4 Å². The smallest absolute Gasteiger partial charge is 0.380 e. The molecule has 4 saturated heterocycles. The van der Waals surface area contributed by atoms with Crippen LogP contribution in [0.2, 0.25) is 0 Å². The normalized spacial score (nSPS) is 32.0. The lowest BCUT2D eigenvalue weighted by Gasteiger charge is -2.50. The average Bonchev–Trinajstić information content (AvgIpc) is 3.16. The number of amides is 3. The number of ether oxygens (including phenoxy) is 1. The Morgan fingerprint density at radius 3 is 2.81 bits per heavy atom. The molecule has 3 amide bonds. The van der Waals surface area contributed by atoms with E-state index in [0.717, 1.165) is 19.4 Å². The minimum absolute atomic E-state index is 0.0972. The van der Waals surface area contributed by atoms with Gasteiger partial charge in [0.2, 0.25) is 0 Å². The summed E-state index contributed by atoms with van der Waals surface area (Å²) in [5.74, 6) is -0.486. The molecule has 4 heterocycles. The second kappa shape index (κ2) is 6.83. The number of nitrogens with zero attached hydrogens (tertiary/aromatic N) is 2. The minimum atomic E-state index is -4.87. The van der Waals surface area contributed by atoms with E-state index in [0.29, 0.717) is 11.7 Å². The summed E-state index contributed by atoms with van der Waals surface area (Å²) in [4.78, 5) is 31.7. The highest BCUT2D eigenvalue weighted by molar-refractivity contribution is 7.80. The van der Waals surface area contributed by atoms with Gasteiger partial charge in [-0.15, -0.1) is 4.28 Å². The molecule has 4 aliphatic rings. The van der Waals surface area contributed by atoms with Gasteiger partial charge in [0.05, 0.1) is 25.9 Å². The summed E-state index contributed by atoms with van der Waals surface area (Å²) in [6.45, 7) is 1.86. The molecular weight excluding hydrogens is 384 g/mol. The number of hydrogen-bond acceptors (Lipinski definition) is 8. The van der Waals surface area contributed by atoms with E-state index in [9.17, 15) is 18.0 Å². The molecule has 1 unspecified atom stereocenters. The number of nitrogens with one attached hydrogen (secondary N) is 2. The SMILES string of the molecule is O=C(NOCC1CCCN1)[C@@H]1CC2(COC2)[C@@H]2CN1C(=O)N2OS(=O)(=O)O. The van der Waals surface area contributed by atoms with Crippen molar-refractivity contribution >= 4 is 22.3 Å². The zero-order valence-corrected chi connectivity index (χ0v) is 15.3. The van der Waals surface area contributed by atoms with Gasteiger partial charge < -0.3 is 15.0 Å². The molecule has 1 spiro atoms. The molecule has 152 valence electrons. The molecule has 2 bridgehead atoms. The van der Waals surface area contributed by atoms with E-state index in [2.05, 4.69) is 15.1 Å². The lowest BCUT2D eigenvalue weighted by Crippen LogP contribution is -2.63. The van der Waals surface area contributed by atoms with Crippen LogP contribution in [0, 0.1) is 5.41 Å². The number of fused-ring (bicyclic) bond motifs is 3. The second-order valence-corrected chi connectivity index (χ2v) is 8.43. The average molecular weight is 406 g/mol. The summed E-state index contributed by atoms with van der Waals surface area (Å²) in [7, 11) is -4.87. The summed E-state index contributed by atoms with van der Waals surface area (Å²) in [6, 6.07) is -2.09. The molecule has 4 aliphatic heterocycles. The predicted molar refractivity (Wildman–Crippen MR) is 87.1 cm³/mol. The highest BCUT2D eigenvalue weighted by atomic mass is 32.3. The Kier molecular flexibility index (Phi) is 4.76. The van der Waals surface area contributed by atoms with Crippen LogP contribution in [0.4, 0.5) is 4.79 Å². The highest BCUT2D eigenvalue weighted by Crippen LogP contribution is 2.47. The maximum absolute atomic E-state index is 12.6. The molecule has 0 radical (unpaired) electrons. The van der Waals surface area contributed by atoms with Crippen molar-refractivity contribution in [2.75, 3.05) is 32.9 Å². The fourth-order valence-electron chi connectivity index (χ4n) is 4.21. The van der Waals surface area contributed by atoms with Gasteiger partial charge >= 0.3 is 16.4 Å². The lowest BCUT2D eigenvalue weighted by atomic mass is 9.71. The Morgan fingerprint density at radius 1 is 1.44 bits per heavy atom. The first-order valence-corrected chi connectivity index (χ1v) is 10.2. The van der Waals surface area contributed by atoms with Crippen LogP contribution in [0.15, 0.2) is 0 Å². The fraction of sp³-hybridized carbons (Fsp3) is 0.857. The monoisotopic (exact) mass is 406 g/mol. The van der Waals surface area contributed by atoms with Gasteiger partial charge in [0.15, 0.2) is 0 Å². The first-order valence-electron chi connectivity index (χ1n) is 8.79. The largest absolute Gasteiger partial charge is 0.418 e. The number of hydrogen-bond donors (Lipinski definition) is 3. The van der Waals surface area contributed by atoms with Gasteiger partial charge in [0, 0.05) is 18.0 Å². The van der Waals surface area contributed by atoms with Gasteiger partial charge in [-0.3, -0.25) is 14.2 Å². The van der Waals surface area contributed by atoms with Crippen molar-refractivity contribution in [3.63, 3.8) is 0 Å². The summed E-state index contributed by atoms with van der Waals surface area (Å²) < 4.78 is 40.9. The number of carbonyl (C=O) groups excluding carboxylic acids is 2. The van der Waals surface area contributed by atoms with Crippen LogP contribution >= 0.6 is 0 Å². The van der Waals surface area contributed by atoms with Crippen molar-refractivity contribution in [3.05, 3.63) is 0 Å². The lowest BCUT2D eigenvalue weighted by molar-refractivity contribution is -0.194. The van der Waals surface area contributed by atoms with Crippen LogP contribution < -0.4 is 10.8 Å². The van der Waals surface area contributed by atoms with Crippen molar-refractivity contribution in [1.29, 1.82) is 0 Å². The van der Waals surface area contributed by atoms with Crippen molar-refractivity contribution in [2.24, 2.45) is 5.41 Å². The predicted octanol–water partition coefficient (Wildman–Crippen LogP) is -1.58. The van der Waals surface area contributed by atoms with Crippen LogP contribution in [0.3, 0.4) is 0 Å². The Hall–Kier alpha value is -1.51. The molecule has 0 aromatic carbocycles. The number of carbonyl (C=O) groups is 2. The van der Waals surface area contributed by atoms with E-state index in [1.807, 2.05) is 0 Å². The third-order valence-electron chi connectivity index (χ3n) is 5.65. The molecule has 27 heavy (non-hydrogen) atoms. The van der Waals surface area contributed by atoms with Crippen LogP contribution in [-0.2, 0) is 29.1 Å². The molecule has 0 saturated carbocycles. The molecule has 4 fully saturated rings. The van der Waals surface area contributed by atoms with Gasteiger partial charge in [-0.2, -0.15) is 13.5 Å². The number of piperidine rings is 1. The third-order valence-corrected chi connectivity index (χ3v) is 5.99. The first kappa shape index (κ1) is 18.8. The molecule has 13 heteroatoms. The quantitative estimate of drug-likeness (QED) is 0.351. The van der Waals surface area contributed by atoms with E-state index in [1.54, 1.807) is 0 Å². The fourth-order valence-corrected chi connectivity index (χ4v) is 4.58. The summed E-state index contributed by atoms with van der Waals surface area (Å²) in [5, 5.41) is 3.87. The van der Waals surface area contributed by atoms with Gasteiger partial charge in [0.1, 0.15) is 6.04 Å². The summed E-state index contributed by atoms with van der Waals surface area (Å²) in [6.07, 6.45) is 2.31. The standard InChI is InChI=1S/C14H22N4O8S/c19-12(16-25-6-9-2-1-3-15-9)10-4-14(7-24-8-14)11-5-17(10)13(20)18(11)26-27(21,22)23/h9-11,15H,1-8H2,(H,16,19)(H,21,22,23)/t9?,10-,11-/m0/s1. The van der Waals surface area contributed by atoms with Gasteiger partial charge in [-0.25, -0.2) is 10.3 Å². The van der Waals surface area contributed by atoms with E-state index >= 15 is 0 Å². The van der Waals surface area contributed by atoms with Crippen molar-refractivity contribution in [1.82, 2.24) is 20.8 Å². The number of urea groups is 1. The van der Waals surface area contributed by atoms with E-state index in [4.69, 9.17) is 14.1 Å². The third kappa shape index (κ3) is 3.50. The van der Waals surface area contributed by atoms with E-state index in [-0.39, 0.29) is 32.2 Å².